The van der Waals surface area contributed by atoms with Gasteiger partial charge in [0.1, 0.15) is 17.0 Å². The monoisotopic (exact) mass is 323 g/mol. The number of nitrogens with one attached hydrogen (secondary N) is 1. The van der Waals surface area contributed by atoms with E-state index in [2.05, 4.69) is 29.1 Å². The second-order valence-corrected chi connectivity index (χ2v) is 6.40. The molecule has 3 nitrogen and oxygen atoms in total. The fourth-order valence-electron chi connectivity index (χ4n) is 2.01. The molecule has 0 saturated carbocycles. The van der Waals surface area contributed by atoms with Gasteiger partial charge < -0.3 is 5.32 Å². The standard InChI is InChI=1S/C14H11Cl2N3S/c1-7-8(2)20-14-11(7)13(17-6-18-14)19-10-5-3-4-9(15)12(10)16/h3-6H,1-2H3,(H,17,18,19). The Labute approximate surface area is 130 Å². The number of aromatic nitrogens is 2. The van der Waals surface area contributed by atoms with Crippen LogP contribution in [0.4, 0.5) is 11.5 Å². The number of rotatable bonds is 2. The van der Waals surface area contributed by atoms with E-state index in [1.54, 1.807) is 23.7 Å². The highest BCUT2D eigenvalue weighted by molar-refractivity contribution is 7.18. The van der Waals surface area contributed by atoms with Gasteiger partial charge in [-0.1, -0.05) is 29.3 Å². The van der Waals surface area contributed by atoms with E-state index >= 15 is 0 Å². The van der Waals surface area contributed by atoms with Gasteiger partial charge in [0.05, 0.1) is 21.1 Å². The second kappa shape index (κ2) is 5.20. The molecule has 1 aromatic carbocycles. The van der Waals surface area contributed by atoms with E-state index in [1.807, 2.05) is 12.1 Å². The summed E-state index contributed by atoms with van der Waals surface area (Å²) in [6.07, 6.45) is 1.55. The molecule has 3 aromatic rings. The minimum atomic E-state index is 0.491. The van der Waals surface area contributed by atoms with Crippen LogP contribution >= 0.6 is 34.5 Å². The molecule has 0 aliphatic rings. The minimum absolute atomic E-state index is 0.491. The molecule has 6 heteroatoms. The number of aryl methyl sites for hydroxylation is 2. The largest absolute Gasteiger partial charge is 0.338 e. The molecule has 0 saturated heterocycles. The maximum atomic E-state index is 6.20. The Morgan fingerprint density at radius 2 is 1.95 bits per heavy atom. The average molecular weight is 324 g/mol. The number of hydrogen-bond donors (Lipinski definition) is 1. The Morgan fingerprint density at radius 3 is 2.75 bits per heavy atom. The fraction of sp³-hybridized carbons (Fsp3) is 0.143. The summed E-state index contributed by atoms with van der Waals surface area (Å²) < 4.78 is 0. The lowest BCUT2D eigenvalue weighted by Gasteiger charge is -2.09. The maximum Gasteiger partial charge on any atom is 0.142 e. The number of halogens is 2. The Balaban J connectivity index is 2.13. The van der Waals surface area contributed by atoms with Gasteiger partial charge in [0.15, 0.2) is 0 Å². The topological polar surface area (TPSA) is 37.8 Å². The van der Waals surface area contributed by atoms with Gasteiger partial charge in [-0.3, -0.25) is 0 Å². The SMILES string of the molecule is Cc1sc2ncnc(Nc3cccc(Cl)c3Cl)c2c1C. The number of thiophene rings is 1. The molecule has 1 N–H and O–H groups in total. The first kappa shape index (κ1) is 13.6. The average Bonchev–Trinajstić information content (AvgIpc) is 2.72. The van der Waals surface area contributed by atoms with Crippen molar-refractivity contribution in [1.82, 2.24) is 9.97 Å². The van der Waals surface area contributed by atoms with Gasteiger partial charge in [0.25, 0.3) is 0 Å². The number of hydrogen-bond acceptors (Lipinski definition) is 4. The summed E-state index contributed by atoms with van der Waals surface area (Å²) in [6, 6.07) is 5.47. The van der Waals surface area contributed by atoms with Gasteiger partial charge in [-0.15, -0.1) is 11.3 Å². The molecule has 0 amide bonds. The molecule has 0 fully saturated rings. The van der Waals surface area contributed by atoms with Crippen molar-refractivity contribution >= 4 is 56.3 Å². The van der Waals surface area contributed by atoms with Gasteiger partial charge >= 0.3 is 0 Å². The molecule has 0 radical (unpaired) electrons. The highest BCUT2D eigenvalue weighted by Crippen LogP contribution is 2.36. The van der Waals surface area contributed by atoms with Crippen molar-refractivity contribution in [3.05, 3.63) is 45.0 Å². The van der Waals surface area contributed by atoms with Crippen LogP contribution in [0.3, 0.4) is 0 Å². The van der Waals surface area contributed by atoms with Crippen molar-refractivity contribution in [2.45, 2.75) is 13.8 Å². The van der Waals surface area contributed by atoms with Gasteiger partial charge in [0.2, 0.25) is 0 Å². The summed E-state index contributed by atoms with van der Waals surface area (Å²) in [5.41, 5.74) is 1.92. The van der Waals surface area contributed by atoms with Crippen LogP contribution in [0, 0.1) is 13.8 Å². The van der Waals surface area contributed by atoms with Crippen molar-refractivity contribution in [3.8, 4) is 0 Å². The van der Waals surface area contributed by atoms with Crippen molar-refractivity contribution < 1.29 is 0 Å². The fourth-order valence-corrected chi connectivity index (χ4v) is 3.35. The smallest absolute Gasteiger partial charge is 0.142 e. The van der Waals surface area contributed by atoms with Crippen LogP contribution in [0.15, 0.2) is 24.5 Å². The van der Waals surface area contributed by atoms with Crippen LogP contribution in [0.1, 0.15) is 10.4 Å². The normalized spacial score (nSPS) is 11.0. The summed E-state index contributed by atoms with van der Waals surface area (Å²) in [4.78, 5) is 10.8. The van der Waals surface area contributed by atoms with E-state index in [9.17, 15) is 0 Å². The summed E-state index contributed by atoms with van der Waals surface area (Å²) >= 11 is 13.9. The molecule has 0 aliphatic carbocycles. The number of benzene rings is 1. The molecular weight excluding hydrogens is 313 g/mol. The molecule has 0 bridgehead atoms. The quantitative estimate of drug-likeness (QED) is 0.690. The molecule has 0 spiro atoms. The minimum Gasteiger partial charge on any atom is -0.338 e. The zero-order valence-corrected chi connectivity index (χ0v) is 13.2. The van der Waals surface area contributed by atoms with Crippen molar-refractivity contribution in [3.63, 3.8) is 0 Å². The van der Waals surface area contributed by atoms with Crippen LogP contribution in [0.25, 0.3) is 10.2 Å². The lowest BCUT2D eigenvalue weighted by Crippen LogP contribution is -1.96. The lowest BCUT2D eigenvalue weighted by atomic mass is 10.2. The van der Waals surface area contributed by atoms with Crippen molar-refractivity contribution in [1.29, 1.82) is 0 Å². The molecule has 2 aromatic heterocycles. The van der Waals surface area contributed by atoms with Crippen molar-refractivity contribution in [2.24, 2.45) is 0 Å². The maximum absolute atomic E-state index is 6.20. The molecule has 2 heterocycles. The van der Waals surface area contributed by atoms with Crippen LogP contribution < -0.4 is 5.32 Å². The van der Waals surface area contributed by atoms with Gasteiger partial charge in [0, 0.05) is 4.88 Å². The Hall–Kier alpha value is -1.36. The molecular formula is C14H11Cl2N3S. The summed E-state index contributed by atoms with van der Waals surface area (Å²) in [7, 11) is 0. The number of anilines is 2. The molecule has 0 aliphatic heterocycles. The highest BCUT2D eigenvalue weighted by atomic mass is 35.5. The lowest BCUT2D eigenvalue weighted by molar-refractivity contribution is 1.22. The summed E-state index contributed by atoms with van der Waals surface area (Å²) in [6.45, 7) is 4.15. The van der Waals surface area contributed by atoms with E-state index in [0.717, 1.165) is 21.7 Å². The number of nitrogens with zero attached hydrogens (tertiary/aromatic N) is 2. The van der Waals surface area contributed by atoms with E-state index in [1.165, 1.54) is 10.4 Å². The molecule has 102 valence electrons. The molecule has 0 unspecified atom stereocenters. The van der Waals surface area contributed by atoms with E-state index < -0.39 is 0 Å². The first-order valence-electron chi connectivity index (χ1n) is 5.99. The molecule has 3 rings (SSSR count). The van der Waals surface area contributed by atoms with Gasteiger partial charge in [-0.2, -0.15) is 0 Å². The third kappa shape index (κ3) is 2.24. The van der Waals surface area contributed by atoms with Crippen LogP contribution in [-0.4, -0.2) is 9.97 Å². The van der Waals surface area contributed by atoms with Crippen LogP contribution in [0.2, 0.25) is 10.0 Å². The molecule has 20 heavy (non-hydrogen) atoms. The van der Waals surface area contributed by atoms with E-state index in [-0.39, 0.29) is 0 Å². The summed E-state index contributed by atoms with van der Waals surface area (Å²) in [5, 5.41) is 5.29. The Morgan fingerprint density at radius 1 is 1.15 bits per heavy atom. The second-order valence-electron chi connectivity index (χ2n) is 4.41. The summed E-state index contributed by atoms with van der Waals surface area (Å²) in [5.74, 6) is 0.751. The zero-order chi connectivity index (χ0) is 14.3. The van der Waals surface area contributed by atoms with Crippen LogP contribution in [0.5, 0.6) is 0 Å². The van der Waals surface area contributed by atoms with E-state index in [4.69, 9.17) is 23.2 Å². The highest BCUT2D eigenvalue weighted by Gasteiger charge is 2.13. The Bertz CT molecular complexity index is 798. The number of fused-ring (bicyclic) bond motifs is 1. The first-order chi connectivity index (χ1) is 9.58. The zero-order valence-electron chi connectivity index (χ0n) is 10.9. The van der Waals surface area contributed by atoms with Crippen molar-refractivity contribution in [2.75, 3.05) is 5.32 Å². The predicted molar refractivity (Wildman–Crippen MR) is 86.6 cm³/mol. The predicted octanol–water partition coefficient (Wildman–Crippen LogP) is 5.36. The van der Waals surface area contributed by atoms with Crippen LogP contribution in [-0.2, 0) is 0 Å². The van der Waals surface area contributed by atoms with Gasteiger partial charge in [-0.05, 0) is 31.5 Å². The van der Waals surface area contributed by atoms with E-state index in [0.29, 0.717) is 10.0 Å². The molecule has 0 atom stereocenters. The first-order valence-corrected chi connectivity index (χ1v) is 7.57. The Kier molecular flexibility index (Phi) is 3.54. The third-order valence-electron chi connectivity index (χ3n) is 3.17. The van der Waals surface area contributed by atoms with Gasteiger partial charge in [-0.25, -0.2) is 9.97 Å². The third-order valence-corrected chi connectivity index (χ3v) is 5.10.